The highest BCUT2D eigenvalue weighted by Gasteiger charge is 2.16. The fourth-order valence-electron chi connectivity index (χ4n) is 1.99. The first kappa shape index (κ1) is 16.8. The summed E-state index contributed by atoms with van der Waals surface area (Å²) >= 11 is 5.85. The quantitative estimate of drug-likeness (QED) is 0.664. The van der Waals surface area contributed by atoms with Crippen LogP contribution in [0.5, 0.6) is 5.75 Å². The number of nitrogens with zero attached hydrogens (tertiary/aromatic N) is 1. The highest BCUT2D eigenvalue weighted by Crippen LogP contribution is 2.27. The molecule has 1 amide bonds. The Kier molecular flexibility index (Phi) is 5.18. The number of rotatable bonds is 5. The number of hydrogen-bond acceptors (Lipinski definition) is 4. The van der Waals surface area contributed by atoms with Crippen molar-refractivity contribution in [2.24, 2.45) is 0 Å². The van der Waals surface area contributed by atoms with Crippen molar-refractivity contribution in [3.05, 3.63) is 62.7 Å². The van der Waals surface area contributed by atoms with Crippen LogP contribution >= 0.6 is 11.6 Å². The first-order chi connectivity index (χ1) is 10.9. The van der Waals surface area contributed by atoms with Gasteiger partial charge in [-0.3, -0.25) is 14.9 Å². The van der Waals surface area contributed by atoms with Crippen molar-refractivity contribution in [2.45, 2.75) is 13.8 Å². The summed E-state index contributed by atoms with van der Waals surface area (Å²) in [5, 5.41) is 14.3. The summed E-state index contributed by atoms with van der Waals surface area (Å²) in [6, 6.07) is 9.64. The fraction of sp³-hybridized carbons (Fsp3) is 0.188. The van der Waals surface area contributed by atoms with Gasteiger partial charge in [-0.1, -0.05) is 17.7 Å². The number of ether oxygens (including phenoxy) is 1. The maximum Gasteiger partial charge on any atom is 0.311 e. The average molecular weight is 335 g/mol. The van der Waals surface area contributed by atoms with Gasteiger partial charge in [0.05, 0.1) is 4.92 Å². The Morgan fingerprint density at radius 3 is 2.65 bits per heavy atom. The number of nitro benzene ring substituents is 1. The summed E-state index contributed by atoms with van der Waals surface area (Å²) in [6.45, 7) is 3.23. The molecule has 0 spiro atoms. The highest BCUT2D eigenvalue weighted by atomic mass is 35.5. The van der Waals surface area contributed by atoms with Crippen LogP contribution in [0.15, 0.2) is 36.4 Å². The largest absolute Gasteiger partial charge is 0.477 e. The fourth-order valence-corrected chi connectivity index (χ4v) is 2.22. The van der Waals surface area contributed by atoms with Crippen LogP contribution in [-0.2, 0) is 4.79 Å². The van der Waals surface area contributed by atoms with E-state index in [1.807, 2.05) is 6.92 Å². The van der Waals surface area contributed by atoms with E-state index in [0.717, 1.165) is 11.1 Å². The molecule has 2 rings (SSSR count). The van der Waals surface area contributed by atoms with Crippen LogP contribution in [0.4, 0.5) is 11.4 Å². The molecule has 1 N–H and O–H groups in total. The number of carbonyl (C=O) groups is 1. The second kappa shape index (κ2) is 7.11. The zero-order valence-electron chi connectivity index (χ0n) is 12.6. The van der Waals surface area contributed by atoms with Crippen molar-refractivity contribution in [1.82, 2.24) is 0 Å². The molecule has 0 fully saturated rings. The van der Waals surface area contributed by atoms with E-state index in [1.165, 1.54) is 12.1 Å². The first-order valence-corrected chi connectivity index (χ1v) is 7.18. The zero-order chi connectivity index (χ0) is 17.0. The van der Waals surface area contributed by atoms with Crippen LogP contribution < -0.4 is 10.1 Å². The van der Waals surface area contributed by atoms with Gasteiger partial charge in [0.25, 0.3) is 5.91 Å². The average Bonchev–Trinajstić information content (AvgIpc) is 2.48. The van der Waals surface area contributed by atoms with Crippen molar-refractivity contribution < 1.29 is 14.5 Å². The zero-order valence-corrected chi connectivity index (χ0v) is 13.4. The lowest BCUT2D eigenvalue weighted by atomic mass is 10.2. The third kappa shape index (κ3) is 4.43. The van der Waals surface area contributed by atoms with Crippen LogP contribution in [0.1, 0.15) is 11.1 Å². The van der Waals surface area contributed by atoms with Crippen LogP contribution in [0.2, 0.25) is 5.02 Å². The topological polar surface area (TPSA) is 81.5 Å². The van der Waals surface area contributed by atoms with Crippen molar-refractivity contribution >= 4 is 28.9 Å². The van der Waals surface area contributed by atoms with E-state index in [-0.39, 0.29) is 18.0 Å². The normalized spacial score (nSPS) is 10.2. The number of nitrogens with one attached hydrogen (secondary N) is 1. The number of halogens is 1. The second-order valence-corrected chi connectivity index (χ2v) is 5.46. The molecule has 0 aliphatic rings. The van der Waals surface area contributed by atoms with Gasteiger partial charge in [-0.2, -0.15) is 0 Å². The molecule has 23 heavy (non-hydrogen) atoms. The van der Waals surface area contributed by atoms with Crippen LogP contribution in [0.3, 0.4) is 0 Å². The third-order valence-corrected chi connectivity index (χ3v) is 3.37. The Balaban J connectivity index is 2.03. The van der Waals surface area contributed by atoms with Crippen molar-refractivity contribution in [3.8, 4) is 5.75 Å². The summed E-state index contributed by atoms with van der Waals surface area (Å²) in [5.41, 5.74) is 2.00. The Labute approximate surface area is 138 Å². The van der Waals surface area contributed by atoms with E-state index < -0.39 is 10.8 Å². The lowest BCUT2D eigenvalue weighted by Crippen LogP contribution is -2.21. The predicted octanol–water partition coefficient (Wildman–Crippen LogP) is 3.88. The monoisotopic (exact) mass is 334 g/mol. The molecule has 0 aliphatic heterocycles. The van der Waals surface area contributed by atoms with Gasteiger partial charge in [0.2, 0.25) is 0 Å². The molecule has 2 aromatic rings. The van der Waals surface area contributed by atoms with E-state index in [0.29, 0.717) is 10.7 Å². The van der Waals surface area contributed by atoms with Gasteiger partial charge in [0, 0.05) is 16.8 Å². The molecule has 7 heteroatoms. The maximum absolute atomic E-state index is 11.9. The van der Waals surface area contributed by atoms with Crippen LogP contribution in [-0.4, -0.2) is 17.4 Å². The van der Waals surface area contributed by atoms with E-state index in [1.54, 1.807) is 31.2 Å². The van der Waals surface area contributed by atoms with E-state index in [4.69, 9.17) is 16.3 Å². The van der Waals surface area contributed by atoms with Crippen molar-refractivity contribution in [1.29, 1.82) is 0 Å². The number of nitro groups is 1. The molecule has 0 radical (unpaired) electrons. The molecular weight excluding hydrogens is 320 g/mol. The molecule has 2 aromatic carbocycles. The molecule has 120 valence electrons. The molecular formula is C16H15ClN2O4. The highest BCUT2D eigenvalue weighted by molar-refractivity contribution is 6.30. The number of anilines is 1. The SMILES string of the molecule is Cc1ccc(OCC(=O)Nc2ccc(Cl)cc2C)c([N+](=O)[O-])c1. The molecule has 0 saturated heterocycles. The van der Waals surface area contributed by atoms with Crippen molar-refractivity contribution in [2.75, 3.05) is 11.9 Å². The van der Waals surface area contributed by atoms with Gasteiger partial charge < -0.3 is 10.1 Å². The number of aryl methyl sites for hydroxylation is 2. The summed E-state index contributed by atoms with van der Waals surface area (Å²) in [6.07, 6.45) is 0. The molecule has 6 nitrogen and oxygen atoms in total. The molecule has 0 saturated carbocycles. The number of hydrogen-bond donors (Lipinski definition) is 1. The minimum atomic E-state index is -0.538. The Morgan fingerprint density at radius 1 is 1.26 bits per heavy atom. The lowest BCUT2D eigenvalue weighted by molar-refractivity contribution is -0.385. The van der Waals surface area contributed by atoms with Crippen LogP contribution in [0, 0.1) is 24.0 Å². The lowest BCUT2D eigenvalue weighted by Gasteiger charge is -2.10. The minimum absolute atomic E-state index is 0.0589. The van der Waals surface area contributed by atoms with Gasteiger partial charge in [-0.15, -0.1) is 0 Å². The minimum Gasteiger partial charge on any atom is -0.477 e. The second-order valence-electron chi connectivity index (χ2n) is 5.02. The Bertz CT molecular complexity index is 762. The smallest absolute Gasteiger partial charge is 0.311 e. The van der Waals surface area contributed by atoms with Crippen LogP contribution in [0.25, 0.3) is 0 Å². The molecule has 0 aliphatic carbocycles. The van der Waals surface area contributed by atoms with Gasteiger partial charge in [0.15, 0.2) is 12.4 Å². The number of amides is 1. The van der Waals surface area contributed by atoms with E-state index in [2.05, 4.69) is 5.32 Å². The van der Waals surface area contributed by atoms with E-state index in [9.17, 15) is 14.9 Å². The Hall–Kier alpha value is -2.60. The molecule has 0 bridgehead atoms. The first-order valence-electron chi connectivity index (χ1n) is 6.80. The number of benzene rings is 2. The summed E-state index contributed by atoms with van der Waals surface area (Å²) in [4.78, 5) is 22.4. The summed E-state index contributed by atoms with van der Waals surface area (Å²) in [5.74, 6) is -0.353. The summed E-state index contributed by atoms with van der Waals surface area (Å²) in [7, 11) is 0. The third-order valence-electron chi connectivity index (χ3n) is 3.13. The van der Waals surface area contributed by atoms with Crippen molar-refractivity contribution in [3.63, 3.8) is 0 Å². The Morgan fingerprint density at radius 2 is 2.00 bits per heavy atom. The molecule has 0 atom stereocenters. The predicted molar refractivity (Wildman–Crippen MR) is 88.1 cm³/mol. The maximum atomic E-state index is 11.9. The van der Waals surface area contributed by atoms with Gasteiger partial charge in [-0.25, -0.2) is 0 Å². The summed E-state index contributed by atoms with van der Waals surface area (Å²) < 4.78 is 5.27. The molecule has 0 aromatic heterocycles. The number of carbonyl (C=O) groups excluding carboxylic acids is 1. The van der Waals surface area contributed by atoms with E-state index >= 15 is 0 Å². The van der Waals surface area contributed by atoms with Gasteiger partial charge in [-0.05, 0) is 49.2 Å². The molecule has 0 heterocycles. The molecule has 0 unspecified atom stereocenters. The standard InChI is InChI=1S/C16H15ClN2O4/c1-10-3-6-15(14(7-10)19(21)22)23-9-16(20)18-13-5-4-12(17)8-11(13)2/h3-8H,9H2,1-2H3,(H,18,20). The van der Waals surface area contributed by atoms with Gasteiger partial charge >= 0.3 is 5.69 Å². The van der Waals surface area contributed by atoms with Gasteiger partial charge in [0.1, 0.15) is 0 Å².